The van der Waals surface area contributed by atoms with E-state index < -0.39 is 16.2 Å². The second-order valence-electron chi connectivity index (χ2n) is 1.98. The first-order valence-electron chi connectivity index (χ1n) is 2.98. The van der Waals surface area contributed by atoms with Crippen LogP contribution in [0.5, 0.6) is 0 Å². The molecule has 0 radical (unpaired) electrons. The Morgan fingerprint density at radius 2 is 2.00 bits per heavy atom. The molecule has 0 fully saturated rings. The van der Waals surface area contributed by atoms with Gasteiger partial charge in [-0.05, 0) is 0 Å². The van der Waals surface area contributed by atoms with Gasteiger partial charge in [0.1, 0.15) is 0 Å². The minimum atomic E-state index is -3.67. The molecule has 72 valence electrons. The molecule has 1 atom stereocenters. The van der Waals surface area contributed by atoms with E-state index in [0.29, 0.717) is 6.26 Å². The lowest BCUT2D eigenvalue weighted by Gasteiger charge is -1.96. The minimum Gasteiger partial charge on any atom is -0.391 e. The smallest absolute Gasteiger partial charge is 0.261 e. The molecule has 0 bridgehead atoms. The molecule has 0 rings (SSSR count). The molecule has 0 amide bonds. The van der Waals surface area contributed by atoms with Crippen LogP contribution in [0.15, 0.2) is 0 Å². The van der Waals surface area contributed by atoms with Gasteiger partial charge in [-0.25, -0.2) is 0 Å². The van der Waals surface area contributed by atoms with Gasteiger partial charge in [0.25, 0.3) is 10.1 Å². The van der Waals surface area contributed by atoms with Crippen molar-refractivity contribution in [2.45, 2.75) is 12.5 Å². The molecular formula is C5H12N2O4S. The first kappa shape index (κ1) is 13.9. The van der Waals surface area contributed by atoms with Crippen LogP contribution in [0.2, 0.25) is 0 Å². The summed E-state index contributed by atoms with van der Waals surface area (Å²) in [7, 11) is -3.67. The summed E-state index contributed by atoms with van der Waals surface area (Å²) in [6.45, 7) is 0.174. The van der Waals surface area contributed by atoms with E-state index in [-0.39, 0.29) is 13.0 Å². The highest BCUT2D eigenvalue weighted by atomic mass is 32.2. The molecule has 6 nitrogen and oxygen atoms in total. The Morgan fingerprint density at radius 3 is 2.08 bits per heavy atom. The minimum absolute atomic E-state index is 0.135. The van der Waals surface area contributed by atoms with Crippen molar-refractivity contribution in [3.63, 3.8) is 0 Å². The Morgan fingerprint density at radius 1 is 1.67 bits per heavy atom. The zero-order valence-corrected chi connectivity index (χ0v) is 7.45. The number of nitrogens with two attached hydrogens (primary N) is 1. The maximum absolute atomic E-state index is 9.19. The van der Waals surface area contributed by atoms with Crippen molar-refractivity contribution in [1.29, 1.82) is 5.26 Å². The molecule has 0 saturated heterocycles. The Balaban J connectivity index is 0. The SMILES string of the molecule is CS(=O)(=O)O.N#CC[C@H](O)CN. The fourth-order valence-corrected chi connectivity index (χ4v) is 0.189. The summed E-state index contributed by atoms with van der Waals surface area (Å²) < 4.78 is 25.9. The van der Waals surface area contributed by atoms with E-state index in [1.807, 2.05) is 0 Å². The van der Waals surface area contributed by atoms with Crippen molar-refractivity contribution in [3.05, 3.63) is 0 Å². The van der Waals surface area contributed by atoms with E-state index in [1.54, 1.807) is 6.07 Å². The number of nitrogens with zero attached hydrogens (tertiary/aromatic N) is 1. The summed E-state index contributed by atoms with van der Waals surface area (Å²) in [6.07, 6.45) is 0.216. The molecule has 0 unspecified atom stereocenters. The molecular weight excluding hydrogens is 184 g/mol. The monoisotopic (exact) mass is 196 g/mol. The summed E-state index contributed by atoms with van der Waals surface area (Å²) in [5.74, 6) is 0. The van der Waals surface area contributed by atoms with Crippen molar-refractivity contribution in [2.75, 3.05) is 12.8 Å². The van der Waals surface area contributed by atoms with E-state index in [9.17, 15) is 8.42 Å². The molecule has 0 aromatic carbocycles. The Bertz CT molecular complexity index is 222. The maximum Gasteiger partial charge on any atom is 0.261 e. The number of nitriles is 1. The van der Waals surface area contributed by atoms with Gasteiger partial charge in [0, 0.05) is 6.54 Å². The van der Waals surface area contributed by atoms with Crippen molar-refractivity contribution in [1.82, 2.24) is 0 Å². The third-order valence-electron chi connectivity index (χ3n) is 0.599. The fourth-order valence-electron chi connectivity index (χ4n) is 0.189. The van der Waals surface area contributed by atoms with E-state index in [0.717, 1.165) is 0 Å². The van der Waals surface area contributed by atoms with E-state index in [4.69, 9.17) is 20.7 Å². The van der Waals surface area contributed by atoms with Gasteiger partial charge >= 0.3 is 0 Å². The zero-order chi connectivity index (χ0) is 10.2. The number of hydrogen-bond acceptors (Lipinski definition) is 5. The van der Waals surface area contributed by atoms with Crippen molar-refractivity contribution < 1.29 is 18.1 Å². The van der Waals surface area contributed by atoms with Gasteiger partial charge < -0.3 is 10.8 Å². The number of rotatable bonds is 2. The van der Waals surface area contributed by atoms with Crippen molar-refractivity contribution in [3.8, 4) is 6.07 Å². The lowest BCUT2D eigenvalue weighted by atomic mass is 10.3. The highest BCUT2D eigenvalue weighted by Crippen LogP contribution is 1.82. The van der Waals surface area contributed by atoms with Gasteiger partial charge in [-0.1, -0.05) is 0 Å². The van der Waals surface area contributed by atoms with Gasteiger partial charge in [0.05, 0.1) is 24.8 Å². The zero-order valence-electron chi connectivity index (χ0n) is 6.64. The predicted molar refractivity (Wildman–Crippen MR) is 42.8 cm³/mol. The highest BCUT2D eigenvalue weighted by Gasteiger charge is 1.95. The Labute approximate surface area is 71.4 Å². The van der Waals surface area contributed by atoms with Crippen molar-refractivity contribution >= 4 is 10.1 Å². The summed E-state index contributed by atoms with van der Waals surface area (Å²) >= 11 is 0. The maximum atomic E-state index is 9.19. The number of aliphatic hydroxyl groups is 1. The van der Waals surface area contributed by atoms with Crippen LogP contribution in [0.3, 0.4) is 0 Å². The van der Waals surface area contributed by atoms with Gasteiger partial charge in [-0.2, -0.15) is 13.7 Å². The lowest BCUT2D eigenvalue weighted by molar-refractivity contribution is 0.188. The Hall–Kier alpha value is -0.680. The van der Waals surface area contributed by atoms with Gasteiger partial charge in [0.2, 0.25) is 0 Å². The molecule has 4 N–H and O–H groups in total. The average molecular weight is 196 g/mol. The normalized spacial score (nSPS) is 12.2. The first-order chi connectivity index (χ1) is 5.31. The summed E-state index contributed by atoms with van der Waals surface area (Å²) in [4.78, 5) is 0. The second-order valence-corrected chi connectivity index (χ2v) is 3.45. The molecule has 0 aromatic heterocycles. The molecule has 0 spiro atoms. The topological polar surface area (TPSA) is 124 Å². The highest BCUT2D eigenvalue weighted by molar-refractivity contribution is 7.85. The third kappa shape index (κ3) is 34.6. The van der Waals surface area contributed by atoms with E-state index in [1.165, 1.54) is 0 Å². The summed E-state index contributed by atoms with van der Waals surface area (Å²) in [6, 6.07) is 1.79. The molecule has 7 heteroatoms. The van der Waals surface area contributed by atoms with E-state index in [2.05, 4.69) is 0 Å². The summed E-state index contributed by atoms with van der Waals surface area (Å²) in [5.41, 5.74) is 4.96. The predicted octanol–water partition coefficient (Wildman–Crippen LogP) is -1.28. The van der Waals surface area contributed by atoms with Crippen LogP contribution < -0.4 is 5.73 Å². The largest absolute Gasteiger partial charge is 0.391 e. The van der Waals surface area contributed by atoms with Crippen molar-refractivity contribution in [2.24, 2.45) is 5.73 Å². The fraction of sp³-hybridized carbons (Fsp3) is 0.800. The average Bonchev–Trinajstić information content (AvgIpc) is 1.85. The number of hydrogen-bond donors (Lipinski definition) is 3. The summed E-state index contributed by atoms with van der Waals surface area (Å²) in [5, 5.41) is 16.4. The molecule has 0 aliphatic heterocycles. The third-order valence-corrected chi connectivity index (χ3v) is 0.599. The van der Waals surface area contributed by atoms with Crippen LogP contribution in [0.1, 0.15) is 6.42 Å². The van der Waals surface area contributed by atoms with Gasteiger partial charge in [0.15, 0.2) is 0 Å². The van der Waals surface area contributed by atoms with Crippen LogP contribution in [-0.2, 0) is 10.1 Å². The molecule has 0 aliphatic rings. The van der Waals surface area contributed by atoms with Gasteiger partial charge in [-0.15, -0.1) is 0 Å². The molecule has 0 aromatic rings. The number of aliphatic hydroxyl groups excluding tert-OH is 1. The van der Waals surface area contributed by atoms with E-state index >= 15 is 0 Å². The quantitative estimate of drug-likeness (QED) is 0.472. The van der Waals surface area contributed by atoms with Crippen LogP contribution in [0.25, 0.3) is 0 Å². The first-order valence-corrected chi connectivity index (χ1v) is 4.83. The Kier molecular flexibility index (Phi) is 8.09. The van der Waals surface area contributed by atoms with Crippen LogP contribution in [0.4, 0.5) is 0 Å². The van der Waals surface area contributed by atoms with Crippen LogP contribution in [0, 0.1) is 11.3 Å². The lowest BCUT2D eigenvalue weighted by Crippen LogP contribution is -2.18. The molecule has 0 saturated carbocycles. The molecule has 0 aliphatic carbocycles. The molecule has 12 heavy (non-hydrogen) atoms. The van der Waals surface area contributed by atoms with Crippen LogP contribution >= 0.6 is 0 Å². The van der Waals surface area contributed by atoms with Crippen LogP contribution in [-0.4, -0.2) is 37.0 Å². The molecule has 0 heterocycles. The van der Waals surface area contributed by atoms with Gasteiger partial charge in [-0.3, -0.25) is 4.55 Å². The standard InChI is InChI=1S/C4H8N2O.CH4O3S/c5-2-1-4(7)3-6;1-5(2,3)4/h4,7H,1,3,6H2;1H3,(H,2,3,4)/t4-;/m0./s1. The second kappa shape index (κ2) is 7.00.